The lowest BCUT2D eigenvalue weighted by Gasteiger charge is -2.20. The van der Waals surface area contributed by atoms with Crippen LogP contribution in [-0.2, 0) is 13.0 Å². The van der Waals surface area contributed by atoms with E-state index in [-0.39, 0.29) is 35.9 Å². The fourth-order valence-corrected chi connectivity index (χ4v) is 2.47. The van der Waals surface area contributed by atoms with E-state index in [0.29, 0.717) is 24.8 Å². The Morgan fingerprint density at radius 2 is 2.15 bits per heavy atom. The first-order valence-electron chi connectivity index (χ1n) is 8.89. The summed E-state index contributed by atoms with van der Waals surface area (Å²) >= 11 is 0. The zero-order valence-corrected chi connectivity index (χ0v) is 18.3. The van der Waals surface area contributed by atoms with Gasteiger partial charge in [0.1, 0.15) is 29.8 Å². The Balaban J connectivity index is 0.00000364. The summed E-state index contributed by atoms with van der Waals surface area (Å²) < 4.78 is 21.1. The minimum atomic E-state index is -0.303. The molecule has 150 valence electrons. The summed E-state index contributed by atoms with van der Waals surface area (Å²) in [5, 5.41) is 14.5. The summed E-state index contributed by atoms with van der Waals surface area (Å²) in [6.07, 6.45) is 3.29. The van der Waals surface area contributed by atoms with E-state index in [4.69, 9.17) is 4.74 Å². The van der Waals surface area contributed by atoms with Gasteiger partial charge < -0.3 is 19.9 Å². The minimum absolute atomic E-state index is 0. The van der Waals surface area contributed by atoms with Crippen LogP contribution in [0.2, 0.25) is 0 Å². The molecule has 0 aliphatic carbocycles. The average Bonchev–Trinajstić information content (AvgIpc) is 3.10. The van der Waals surface area contributed by atoms with Crippen LogP contribution >= 0.6 is 24.0 Å². The number of aromatic nitrogens is 3. The number of nitrogens with zero attached hydrogens (tertiary/aromatic N) is 4. The van der Waals surface area contributed by atoms with E-state index in [1.807, 2.05) is 11.5 Å². The first kappa shape index (κ1) is 23.1. The van der Waals surface area contributed by atoms with Crippen molar-refractivity contribution in [1.82, 2.24) is 25.4 Å². The number of benzene rings is 1. The summed E-state index contributed by atoms with van der Waals surface area (Å²) in [5.74, 6) is 1.88. The van der Waals surface area contributed by atoms with Crippen LogP contribution < -0.4 is 15.4 Å². The fraction of sp³-hybridized carbons (Fsp3) is 0.500. The van der Waals surface area contributed by atoms with Gasteiger partial charge in [-0.3, -0.25) is 4.99 Å². The van der Waals surface area contributed by atoms with E-state index in [1.165, 1.54) is 12.1 Å². The molecular weight excluding hydrogens is 462 g/mol. The van der Waals surface area contributed by atoms with Crippen LogP contribution in [0.1, 0.15) is 26.1 Å². The van der Waals surface area contributed by atoms with Crippen molar-refractivity contribution < 1.29 is 9.13 Å². The summed E-state index contributed by atoms with van der Waals surface area (Å²) in [6, 6.07) is 6.18. The highest BCUT2D eigenvalue weighted by Gasteiger charge is 2.10. The molecular formula is C18H28FIN6O. The number of ether oxygens (including phenoxy) is 1. The van der Waals surface area contributed by atoms with Crippen molar-refractivity contribution in [1.29, 1.82) is 0 Å². The van der Waals surface area contributed by atoms with E-state index in [2.05, 4.69) is 32.7 Å². The summed E-state index contributed by atoms with van der Waals surface area (Å²) in [7, 11) is 1.72. The third-order valence-corrected chi connectivity index (χ3v) is 3.93. The van der Waals surface area contributed by atoms with Gasteiger partial charge in [-0.25, -0.2) is 4.39 Å². The highest BCUT2D eigenvalue weighted by molar-refractivity contribution is 14.0. The second kappa shape index (κ2) is 12.5. The zero-order chi connectivity index (χ0) is 18.8. The maximum Gasteiger partial charge on any atom is 0.191 e. The Bertz CT molecular complexity index is 709. The van der Waals surface area contributed by atoms with Gasteiger partial charge in [-0.2, -0.15) is 0 Å². The lowest BCUT2D eigenvalue weighted by molar-refractivity contribution is 0.198. The van der Waals surface area contributed by atoms with Crippen LogP contribution in [-0.4, -0.2) is 47.0 Å². The smallest absolute Gasteiger partial charge is 0.191 e. The Kier molecular flexibility index (Phi) is 10.7. The highest BCUT2D eigenvalue weighted by Crippen LogP contribution is 2.14. The number of aliphatic imine (C=N–C) groups is 1. The molecule has 0 amide bonds. The minimum Gasteiger partial charge on any atom is -0.489 e. The van der Waals surface area contributed by atoms with Crippen molar-refractivity contribution in [3.63, 3.8) is 0 Å². The molecule has 0 radical (unpaired) electrons. The van der Waals surface area contributed by atoms with Crippen molar-refractivity contribution in [2.24, 2.45) is 4.99 Å². The number of hydrogen-bond donors (Lipinski definition) is 2. The van der Waals surface area contributed by atoms with Crippen LogP contribution in [0.25, 0.3) is 0 Å². The quantitative estimate of drug-likeness (QED) is 0.321. The van der Waals surface area contributed by atoms with Crippen molar-refractivity contribution in [3.8, 4) is 5.75 Å². The van der Waals surface area contributed by atoms with E-state index in [9.17, 15) is 4.39 Å². The Labute approximate surface area is 176 Å². The molecule has 0 fully saturated rings. The molecule has 2 rings (SSSR count). The van der Waals surface area contributed by atoms with Crippen LogP contribution in [0.4, 0.5) is 4.39 Å². The molecule has 1 aromatic carbocycles. The van der Waals surface area contributed by atoms with Crippen molar-refractivity contribution in [3.05, 3.63) is 42.2 Å². The maximum absolute atomic E-state index is 13.3. The first-order chi connectivity index (χ1) is 12.7. The molecule has 0 saturated carbocycles. The molecule has 0 saturated heterocycles. The van der Waals surface area contributed by atoms with Gasteiger partial charge in [0.2, 0.25) is 0 Å². The third-order valence-electron chi connectivity index (χ3n) is 3.93. The Hall–Kier alpha value is -1.91. The number of hydrogen-bond acceptors (Lipinski definition) is 4. The predicted octanol–water partition coefficient (Wildman–Crippen LogP) is 2.62. The van der Waals surface area contributed by atoms with Gasteiger partial charge in [-0.05, 0) is 18.6 Å². The van der Waals surface area contributed by atoms with Gasteiger partial charge in [0, 0.05) is 32.6 Å². The van der Waals surface area contributed by atoms with Gasteiger partial charge >= 0.3 is 0 Å². The molecule has 1 atom stereocenters. The summed E-state index contributed by atoms with van der Waals surface area (Å²) in [4.78, 5) is 4.22. The van der Waals surface area contributed by atoms with E-state index < -0.39 is 0 Å². The number of guanidine groups is 1. The normalized spacial score (nSPS) is 12.2. The highest BCUT2D eigenvalue weighted by atomic mass is 127. The fourth-order valence-electron chi connectivity index (χ4n) is 2.47. The second-order valence-electron chi connectivity index (χ2n) is 5.78. The average molecular weight is 490 g/mol. The molecule has 2 N–H and O–H groups in total. The molecule has 1 aromatic heterocycles. The topological polar surface area (TPSA) is 76.4 Å². The number of nitrogens with one attached hydrogen (secondary N) is 2. The predicted molar refractivity (Wildman–Crippen MR) is 115 cm³/mol. The van der Waals surface area contributed by atoms with E-state index in [0.717, 1.165) is 25.2 Å². The lowest BCUT2D eigenvalue weighted by atomic mass is 10.2. The Morgan fingerprint density at radius 3 is 2.81 bits per heavy atom. The van der Waals surface area contributed by atoms with Crippen molar-refractivity contribution in [2.75, 3.05) is 20.1 Å². The standard InChI is InChI=1S/C18H27FN6O.HI/c1-4-15(26-16-8-6-7-14(19)11-16)12-22-18(20-3)21-9-10-25-13-23-24-17(25)5-2;/h6-8,11,13,15H,4-5,9-10,12H2,1-3H3,(H2,20,21,22);1H. The summed E-state index contributed by atoms with van der Waals surface area (Å²) in [6.45, 7) is 6.11. The first-order valence-corrected chi connectivity index (χ1v) is 8.89. The zero-order valence-electron chi connectivity index (χ0n) is 16.0. The van der Waals surface area contributed by atoms with Crippen LogP contribution in [0.3, 0.4) is 0 Å². The van der Waals surface area contributed by atoms with Crippen molar-refractivity contribution in [2.45, 2.75) is 39.3 Å². The Morgan fingerprint density at radius 1 is 1.33 bits per heavy atom. The molecule has 1 heterocycles. The molecule has 27 heavy (non-hydrogen) atoms. The maximum atomic E-state index is 13.3. The van der Waals surface area contributed by atoms with E-state index >= 15 is 0 Å². The third kappa shape index (κ3) is 7.69. The van der Waals surface area contributed by atoms with Crippen molar-refractivity contribution >= 4 is 29.9 Å². The molecule has 2 aromatic rings. The van der Waals surface area contributed by atoms with Crippen LogP contribution in [0.15, 0.2) is 35.6 Å². The SMILES string of the molecule is CCc1nncn1CCNC(=NC)NCC(CC)Oc1cccc(F)c1.I. The second-order valence-corrected chi connectivity index (χ2v) is 5.78. The molecule has 0 bridgehead atoms. The number of rotatable bonds is 9. The monoisotopic (exact) mass is 490 g/mol. The largest absolute Gasteiger partial charge is 0.489 e. The van der Waals surface area contributed by atoms with Gasteiger partial charge in [-0.15, -0.1) is 34.2 Å². The lowest BCUT2D eigenvalue weighted by Crippen LogP contribution is -2.43. The van der Waals surface area contributed by atoms with E-state index in [1.54, 1.807) is 25.5 Å². The number of halogens is 2. The number of aryl methyl sites for hydroxylation is 1. The molecule has 7 nitrogen and oxygen atoms in total. The molecule has 9 heteroatoms. The molecule has 1 unspecified atom stereocenters. The van der Waals surface area contributed by atoms with Gasteiger partial charge in [0.05, 0.1) is 6.54 Å². The molecule has 0 aliphatic heterocycles. The van der Waals surface area contributed by atoms with Gasteiger partial charge in [-0.1, -0.05) is 19.9 Å². The van der Waals surface area contributed by atoms with Crippen LogP contribution in [0.5, 0.6) is 5.75 Å². The van der Waals surface area contributed by atoms with Gasteiger partial charge in [0.15, 0.2) is 5.96 Å². The molecule has 0 spiro atoms. The van der Waals surface area contributed by atoms with Crippen LogP contribution in [0, 0.1) is 5.82 Å². The molecule has 0 aliphatic rings. The summed E-state index contributed by atoms with van der Waals surface area (Å²) in [5.41, 5.74) is 0. The van der Waals surface area contributed by atoms with Gasteiger partial charge in [0.25, 0.3) is 0 Å².